The van der Waals surface area contributed by atoms with E-state index in [2.05, 4.69) is 5.92 Å². The maximum Gasteiger partial charge on any atom is 0.161 e. The van der Waals surface area contributed by atoms with Gasteiger partial charge in [0.2, 0.25) is 0 Å². The van der Waals surface area contributed by atoms with Crippen LogP contribution in [0, 0.1) is 12.3 Å². The molecule has 2 aromatic carbocycles. The van der Waals surface area contributed by atoms with Crippen molar-refractivity contribution in [3.8, 4) is 23.8 Å². The van der Waals surface area contributed by atoms with Crippen LogP contribution in [0.25, 0.3) is 0 Å². The topological polar surface area (TPSA) is 109 Å². The summed E-state index contributed by atoms with van der Waals surface area (Å²) in [7, 11) is 0. The van der Waals surface area contributed by atoms with Gasteiger partial charge in [-0.15, -0.1) is 6.42 Å². The number of terminal acetylenes is 1. The second-order valence-electron chi connectivity index (χ2n) is 7.47. The lowest BCUT2D eigenvalue weighted by Gasteiger charge is -2.40. The Kier molecular flexibility index (Phi) is 5.95. The van der Waals surface area contributed by atoms with Crippen molar-refractivity contribution in [3.05, 3.63) is 58.7 Å². The fourth-order valence-corrected chi connectivity index (χ4v) is 3.87. The van der Waals surface area contributed by atoms with E-state index in [0.717, 1.165) is 11.1 Å². The Labute approximate surface area is 174 Å². The van der Waals surface area contributed by atoms with E-state index in [0.29, 0.717) is 42.3 Å². The van der Waals surface area contributed by atoms with Gasteiger partial charge in [0.15, 0.2) is 11.5 Å². The minimum atomic E-state index is -1.44. The number of hydrogen-bond donors (Lipinski definition) is 4. The van der Waals surface area contributed by atoms with Gasteiger partial charge in [0.25, 0.3) is 0 Å². The standard InChI is InChI=1S/C23H24O7/c1-2-14-4-5-15(23-22(27)21(26)20(25)19(12-24)30-23)11-16(14)9-13-3-6-17-18(10-13)29-8-7-28-17/h1,3-6,10-11,19-27H,7-9,12H2/t19-,20-,21+,22-,23+/m1/s1. The summed E-state index contributed by atoms with van der Waals surface area (Å²) in [5.74, 6) is 4.06. The van der Waals surface area contributed by atoms with Crippen LogP contribution in [0.5, 0.6) is 11.5 Å². The molecule has 30 heavy (non-hydrogen) atoms. The summed E-state index contributed by atoms with van der Waals surface area (Å²) in [6.07, 6.45) is 0.126. The van der Waals surface area contributed by atoms with Crippen molar-refractivity contribution in [1.82, 2.24) is 0 Å². The zero-order chi connectivity index (χ0) is 21.3. The highest BCUT2D eigenvalue weighted by atomic mass is 16.6. The molecule has 7 heteroatoms. The van der Waals surface area contributed by atoms with Crippen LogP contribution in [0.1, 0.15) is 28.4 Å². The molecule has 1 fully saturated rings. The van der Waals surface area contributed by atoms with E-state index < -0.39 is 37.1 Å². The van der Waals surface area contributed by atoms with Crippen LogP contribution < -0.4 is 9.47 Å². The third-order valence-electron chi connectivity index (χ3n) is 5.51. The molecule has 2 aromatic rings. The SMILES string of the molecule is C#Cc1ccc([C@@H]2O[C@H](CO)[C@@H](O)[C@H](O)[C@H]2O)cc1Cc1ccc2c(c1)OCCO2. The highest BCUT2D eigenvalue weighted by Gasteiger charge is 2.44. The van der Waals surface area contributed by atoms with Gasteiger partial charge in [-0.2, -0.15) is 0 Å². The van der Waals surface area contributed by atoms with Gasteiger partial charge in [-0.1, -0.05) is 24.1 Å². The molecule has 0 unspecified atom stereocenters. The first-order chi connectivity index (χ1) is 14.5. The monoisotopic (exact) mass is 412 g/mol. The molecule has 2 heterocycles. The molecule has 4 rings (SSSR count). The third kappa shape index (κ3) is 3.88. The number of aliphatic hydroxyl groups excluding tert-OH is 4. The second kappa shape index (κ2) is 8.64. The molecule has 2 aliphatic rings. The van der Waals surface area contributed by atoms with Crippen molar-refractivity contribution < 1.29 is 34.6 Å². The Bertz CT molecular complexity index is 949. The average Bonchev–Trinajstić information content (AvgIpc) is 2.77. The summed E-state index contributed by atoms with van der Waals surface area (Å²) >= 11 is 0. The first-order valence-corrected chi connectivity index (χ1v) is 9.80. The fraction of sp³-hybridized carbons (Fsp3) is 0.391. The van der Waals surface area contributed by atoms with Crippen LogP contribution in [0.4, 0.5) is 0 Å². The van der Waals surface area contributed by atoms with Gasteiger partial charge in [0.1, 0.15) is 43.7 Å². The molecule has 2 aliphatic heterocycles. The van der Waals surface area contributed by atoms with Crippen LogP contribution in [-0.2, 0) is 11.2 Å². The van der Waals surface area contributed by atoms with Crippen LogP contribution >= 0.6 is 0 Å². The van der Waals surface area contributed by atoms with Crippen molar-refractivity contribution in [2.24, 2.45) is 0 Å². The Morgan fingerprint density at radius 3 is 2.43 bits per heavy atom. The molecule has 5 atom stereocenters. The average molecular weight is 412 g/mol. The molecule has 0 aromatic heterocycles. The molecule has 1 saturated heterocycles. The predicted octanol–water partition coefficient (Wildman–Crippen LogP) is 0.545. The Morgan fingerprint density at radius 2 is 1.70 bits per heavy atom. The number of fused-ring (bicyclic) bond motifs is 1. The van der Waals surface area contributed by atoms with Crippen LogP contribution in [0.3, 0.4) is 0 Å². The maximum absolute atomic E-state index is 10.4. The van der Waals surface area contributed by atoms with Crippen LogP contribution in [0.2, 0.25) is 0 Å². The first-order valence-electron chi connectivity index (χ1n) is 9.80. The highest BCUT2D eigenvalue weighted by Crippen LogP contribution is 2.35. The lowest BCUT2D eigenvalue weighted by molar-refractivity contribution is -0.231. The van der Waals surface area contributed by atoms with E-state index in [1.807, 2.05) is 24.3 Å². The molecule has 7 nitrogen and oxygen atoms in total. The lowest BCUT2D eigenvalue weighted by Crippen LogP contribution is -2.55. The van der Waals surface area contributed by atoms with Crippen molar-refractivity contribution in [2.45, 2.75) is 36.9 Å². The van der Waals surface area contributed by atoms with E-state index >= 15 is 0 Å². The van der Waals surface area contributed by atoms with E-state index in [-0.39, 0.29) is 0 Å². The van der Waals surface area contributed by atoms with Gasteiger partial charge in [-0.25, -0.2) is 0 Å². The molecular weight excluding hydrogens is 388 g/mol. The zero-order valence-electron chi connectivity index (χ0n) is 16.3. The minimum absolute atomic E-state index is 0.478. The summed E-state index contributed by atoms with van der Waals surface area (Å²) in [5.41, 5.74) is 3.10. The zero-order valence-corrected chi connectivity index (χ0v) is 16.3. The summed E-state index contributed by atoms with van der Waals surface area (Å²) in [4.78, 5) is 0. The van der Waals surface area contributed by atoms with E-state index in [1.165, 1.54) is 0 Å². The van der Waals surface area contributed by atoms with Gasteiger partial charge >= 0.3 is 0 Å². The number of rotatable bonds is 4. The number of benzene rings is 2. The molecule has 0 aliphatic carbocycles. The van der Waals surface area contributed by atoms with Gasteiger partial charge in [-0.3, -0.25) is 0 Å². The third-order valence-corrected chi connectivity index (χ3v) is 5.51. The summed E-state index contributed by atoms with van der Waals surface area (Å²) in [6.45, 7) is 0.543. The van der Waals surface area contributed by atoms with Gasteiger partial charge in [0, 0.05) is 5.56 Å². The predicted molar refractivity (Wildman–Crippen MR) is 107 cm³/mol. The largest absolute Gasteiger partial charge is 0.486 e. The maximum atomic E-state index is 10.4. The molecule has 4 N–H and O–H groups in total. The minimum Gasteiger partial charge on any atom is -0.486 e. The smallest absolute Gasteiger partial charge is 0.161 e. The number of hydrogen-bond acceptors (Lipinski definition) is 7. The fourth-order valence-electron chi connectivity index (χ4n) is 3.87. The summed E-state index contributed by atoms with van der Waals surface area (Å²) < 4.78 is 16.9. The lowest BCUT2D eigenvalue weighted by atomic mass is 9.89. The first kappa shape index (κ1) is 20.7. The Morgan fingerprint density at radius 1 is 0.933 bits per heavy atom. The molecule has 0 amide bonds. The van der Waals surface area contributed by atoms with Crippen molar-refractivity contribution in [2.75, 3.05) is 19.8 Å². The highest BCUT2D eigenvalue weighted by molar-refractivity contribution is 5.49. The van der Waals surface area contributed by atoms with Gasteiger partial charge < -0.3 is 34.6 Å². The van der Waals surface area contributed by atoms with Crippen LogP contribution in [0.15, 0.2) is 36.4 Å². The molecule has 0 radical (unpaired) electrons. The second-order valence-corrected chi connectivity index (χ2v) is 7.47. The quantitative estimate of drug-likeness (QED) is 0.543. The van der Waals surface area contributed by atoms with Gasteiger partial charge in [-0.05, 0) is 41.3 Å². The molecule has 158 valence electrons. The van der Waals surface area contributed by atoms with E-state index in [1.54, 1.807) is 12.1 Å². The van der Waals surface area contributed by atoms with Crippen molar-refractivity contribution in [1.29, 1.82) is 0 Å². The van der Waals surface area contributed by atoms with Crippen LogP contribution in [-0.4, -0.2) is 64.7 Å². The summed E-state index contributed by atoms with van der Waals surface area (Å²) in [6, 6.07) is 11.0. The molecular formula is C23H24O7. The molecule has 0 saturated carbocycles. The number of aliphatic hydroxyl groups is 4. The van der Waals surface area contributed by atoms with E-state index in [9.17, 15) is 20.4 Å². The summed E-state index contributed by atoms with van der Waals surface area (Å²) in [5, 5.41) is 40.0. The Balaban J connectivity index is 1.63. The van der Waals surface area contributed by atoms with Crippen molar-refractivity contribution >= 4 is 0 Å². The van der Waals surface area contributed by atoms with E-state index in [4.69, 9.17) is 20.6 Å². The molecule has 0 spiro atoms. The normalized spacial score (nSPS) is 28.0. The van der Waals surface area contributed by atoms with Gasteiger partial charge in [0.05, 0.1) is 6.61 Å². The Hall–Kier alpha value is -2.60. The molecule has 0 bridgehead atoms. The number of ether oxygens (including phenoxy) is 3. The van der Waals surface area contributed by atoms with Crippen molar-refractivity contribution in [3.63, 3.8) is 0 Å².